The van der Waals surface area contributed by atoms with Crippen LogP contribution in [0, 0.1) is 13.8 Å². The van der Waals surface area contributed by atoms with Crippen LogP contribution in [0.15, 0.2) is 18.2 Å². The molecule has 6 heteroatoms. The number of benzene rings is 1. The van der Waals surface area contributed by atoms with E-state index in [2.05, 4.69) is 30.3 Å². The monoisotopic (exact) mass is 351 g/mol. The highest BCUT2D eigenvalue weighted by atomic mass is 35.5. The number of nitrogens with zero attached hydrogens (tertiary/aromatic N) is 2. The third-order valence-corrected chi connectivity index (χ3v) is 6.11. The summed E-state index contributed by atoms with van der Waals surface area (Å²) < 4.78 is 1.92. The Balaban J connectivity index is 2.10. The smallest absolute Gasteiger partial charge is 0.128 e. The van der Waals surface area contributed by atoms with Gasteiger partial charge in [-0.25, -0.2) is 0 Å². The summed E-state index contributed by atoms with van der Waals surface area (Å²) in [5.74, 6) is 1.08. The lowest BCUT2D eigenvalue weighted by Crippen LogP contribution is -2.18. The summed E-state index contributed by atoms with van der Waals surface area (Å²) in [7, 11) is 1.97. The fraction of sp³-hybridized carbons (Fsp3) is 0.471. The van der Waals surface area contributed by atoms with Crippen molar-refractivity contribution < 1.29 is 5.11 Å². The summed E-state index contributed by atoms with van der Waals surface area (Å²) in [6.07, 6.45) is 0.779. The molecular weight excluding hydrogens is 330 g/mol. The van der Waals surface area contributed by atoms with E-state index in [1.165, 1.54) is 16.7 Å². The van der Waals surface area contributed by atoms with Crippen LogP contribution in [0.5, 0.6) is 0 Å². The number of aromatic nitrogens is 2. The Morgan fingerprint density at radius 2 is 2.22 bits per heavy atom. The summed E-state index contributed by atoms with van der Waals surface area (Å²) in [5.41, 5.74) is 4.74. The van der Waals surface area contributed by atoms with Gasteiger partial charge < -0.3 is 10.4 Å². The molecule has 2 N–H and O–H groups in total. The van der Waals surface area contributed by atoms with Crippen molar-refractivity contribution in [1.29, 1.82) is 0 Å². The van der Waals surface area contributed by atoms with Gasteiger partial charge in [0.15, 0.2) is 0 Å². The van der Waals surface area contributed by atoms with Crippen molar-refractivity contribution in [3.05, 3.63) is 45.6 Å². The lowest BCUT2D eigenvalue weighted by molar-refractivity contribution is 0.288. The van der Waals surface area contributed by atoms with E-state index in [-0.39, 0.29) is 11.9 Å². The lowest BCUT2D eigenvalue weighted by Gasteiger charge is -2.22. The maximum absolute atomic E-state index is 9.36. The van der Waals surface area contributed by atoms with Gasteiger partial charge in [0.2, 0.25) is 0 Å². The molecule has 2 aromatic rings. The van der Waals surface area contributed by atoms with Gasteiger partial charge in [-0.05, 0) is 43.5 Å². The maximum atomic E-state index is 9.36. The Morgan fingerprint density at radius 1 is 1.43 bits per heavy atom. The van der Waals surface area contributed by atoms with E-state index in [0.29, 0.717) is 5.25 Å². The van der Waals surface area contributed by atoms with Crippen LogP contribution < -0.4 is 5.32 Å². The molecule has 23 heavy (non-hydrogen) atoms. The van der Waals surface area contributed by atoms with E-state index in [1.807, 2.05) is 35.6 Å². The van der Waals surface area contributed by atoms with Gasteiger partial charge in [-0.2, -0.15) is 5.10 Å². The number of aliphatic hydroxyl groups excluding tert-OH is 1. The maximum Gasteiger partial charge on any atom is 0.128 e. The zero-order chi connectivity index (χ0) is 16.6. The minimum atomic E-state index is 0.197. The molecule has 0 fully saturated rings. The number of thioether (sulfide) groups is 1. The Labute approximate surface area is 146 Å². The number of anilines is 1. The predicted molar refractivity (Wildman–Crippen MR) is 97.5 cm³/mol. The molecule has 2 heterocycles. The van der Waals surface area contributed by atoms with Crippen LogP contribution in [0.4, 0.5) is 5.82 Å². The Kier molecular flexibility index (Phi) is 4.90. The number of halogens is 1. The van der Waals surface area contributed by atoms with Crippen molar-refractivity contribution in [3.8, 4) is 0 Å². The molecule has 0 saturated carbocycles. The second kappa shape index (κ2) is 6.75. The molecule has 1 aromatic heterocycles. The predicted octanol–water partition coefficient (Wildman–Crippen LogP) is 3.69. The number of aryl methyl sites for hydroxylation is 3. The third kappa shape index (κ3) is 3.23. The van der Waals surface area contributed by atoms with Crippen LogP contribution in [0.2, 0.25) is 5.02 Å². The summed E-state index contributed by atoms with van der Waals surface area (Å²) in [5, 5.41) is 18.8. The molecule has 1 aromatic carbocycles. The quantitative estimate of drug-likeness (QED) is 0.885. The lowest BCUT2D eigenvalue weighted by atomic mass is 10.00. The molecule has 124 valence electrons. The number of aliphatic hydroxyl groups is 1. The molecule has 0 spiro atoms. The molecule has 0 amide bonds. The second-order valence-corrected chi connectivity index (χ2v) is 7.85. The average Bonchev–Trinajstić information content (AvgIpc) is 2.66. The van der Waals surface area contributed by atoms with Gasteiger partial charge in [0, 0.05) is 36.0 Å². The highest BCUT2D eigenvalue weighted by molar-refractivity contribution is 8.00. The molecule has 4 nitrogen and oxygen atoms in total. The van der Waals surface area contributed by atoms with Crippen molar-refractivity contribution in [2.24, 2.45) is 7.05 Å². The van der Waals surface area contributed by atoms with Crippen LogP contribution in [0.3, 0.4) is 0 Å². The van der Waals surface area contributed by atoms with Crippen molar-refractivity contribution in [1.82, 2.24) is 9.78 Å². The number of hydrogen-bond acceptors (Lipinski definition) is 4. The summed E-state index contributed by atoms with van der Waals surface area (Å²) in [6, 6.07) is 6.09. The highest BCUT2D eigenvalue weighted by Crippen LogP contribution is 2.46. The van der Waals surface area contributed by atoms with Crippen molar-refractivity contribution >= 4 is 29.2 Å². The van der Waals surface area contributed by atoms with E-state index in [1.54, 1.807) is 0 Å². The molecule has 0 bridgehead atoms. The van der Waals surface area contributed by atoms with Crippen LogP contribution in [-0.4, -0.2) is 33.3 Å². The molecular formula is C17H22ClN3OS. The number of nitrogens with one attached hydrogen (secondary N) is 1. The largest absolute Gasteiger partial charge is 0.396 e. The average molecular weight is 352 g/mol. The zero-order valence-electron chi connectivity index (χ0n) is 13.6. The van der Waals surface area contributed by atoms with E-state index < -0.39 is 0 Å². The first-order valence-electron chi connectivity index (χ1n) is 7.81. The minimum absolute atomic E-state index is 0.197. The van der Waals surface area contributed by atoms with Crippen LogP contribution in [-0.2, 0) is 7.05 Å². The molecule has 1 aliphatic heterocycles. The van der Waals surface area contributed by atoms with Gasteiger partial charge in [0.1, 0.15) is 5.82 Å². The zero-order valence-corrected chi connectivity index (χ0v) is 15.2. The van der Waals surface area contributed by atoms with E-state index in [9.17, 15) is 5.11 Å². The molecule has 3 rings (SSSR count). The number of rotatable bonds is 3. The Hall–Kier alpha value is -1.17. The molecule has 0 aliphatic carbocycles. The Morgan fingerprint density at radius 3 is 2.91 bits per heavy atom. The van der Waals surface area contributed by atoms with Gasteiger partial charge in [-0.3, -0.25) is 4.68 Å². The number of fused-ring (bicyclic) bond motifs is 1. The van der Waals surface area contributed by atoms with Gasteiger partial charge in [-0.1, -0.05) is 17.7 Å². The molecule has 0 saturated heterocycles. The topological polar surface area (TPSA) is 50.1 Å². The van der Waals surface area contributed by atoms with Crippen molar-refractivity contribution in [2.45, 2.75) is 30.8 Å². The highest BCUT2D eigenvalue weighted by Gasteiger charge is 2.31. The summed E-state index contributed by atoms with van der Waals surface area (Å²) in [4.78, 5) is 0. The molecule has 2 atom stereocenters. The third-order valence-electron chi connectivity index (χ3n) is 4.32. The van der Waals surface area contributed by atoms with E-state index in [4.69, 9.17) is 11.6 Å². The molecule has 0 unspecified atom stereocenters. The van der Waals surface area contributed by atoms with Crippen LogP contribution in [0.1, 0.15) is 34.1 Å². The first-order valence-corrected chi connectivity index (χ1v) is 9.13. The first kappa shape index (κ1) is 16.7. The van der Waals surface area contributed by atoms with Gasteiger partial charge in [0.05, 0.1) is 10.9 Å². The van der Waals surface area contributed by atoms with Crippen LogP contribution in [0.25, 0.3) is 0 Å². The first-order chi connectivity index (χ1) is 11.0. The van der Waals surface area contributed by atoms with Crippen molar-refractivity contribution in [2.75, 3.05) is 18.5 Å². The fourth-order valence-electron chi connectivity index (χ4n) is 3.19. The van der Waals surface area contributed by atoms with Crippen molar-refractivity contribution in [3.63, 3.8) is 0 Å². The molecule has 0 radical (unpaired) electrons. The SMILES string of the molecule is Cc1cc(Cl)ccc1[C@@H]1S[C@@H](CCO)CNc2c1c(C)nn2C. The summed E-state index contributed by atoms with van der Waals surface area (Å²) >= 11 is 8.03. The van der Waals surface area contributed by atoms with Crippen LogP contribution >= 0.6 is 23.4 Å². The van der Waals surface area contributed by atoms with E-state index in [0.717, 1.165) is 29.5 Å². The molecule has 1 aliphatic rings. The minimum Gasteiger partial charge on any atom is -0.396 e. The fourth-order valence-corrected chi connectivity index (χ4v) is 5.06. The van der Waals surface area contributed by atoms with Gasteiger partial charge >= 0.3 is 0 Å². The van der Waals surface area contributed by atoms with E-state index >= 15 is 0 Å². The summed E-state index contributed by atoms with van der Waals surface area (Å²) in [6.45, 7) is 5.21. The standard InChI is InChI=1S/C17H22ClN3OS/c1-10-8-12(18)4-5-14(10)16-15-11(2)20-21(3)17(15)19-9-13(23-16)6-7-22/h4-5,8,13,16,19,22H,6-7,9H2,1-3H3/t13-,16-/m0/s1. The second-order valence-electron chi connectivity index (χ2n) is 6.00. The van der Waals surface area contributed by atoms with Gasteiger partial charge in [0.25, 0.3) is 0 Å². The number of hydrogen-bond donors (Lipinski definition) is 2. The normalized spacial score (nSPS) is 20.7. The Bertz CT molecular complexity index is 716. The van der Waals surface area contributed by atoms with Gasteiger partial charge in [-0.15, -0.1) is 11.8 Å².